The van der Waals surface area contributed by atoms with E-state index in [1.807, 2.05) is 23.2 Å². The summed E-state index contributed by atoms with van der Waals surface area (Å²) >= 11 is 7.14. The van der Waals surface area contributed by atoms with E-state index in [0.717, 1.165) is 23.8 Å². The Labute approximate surface area is 243 Å². The summed E-state index contributed by atoms with van der Waals surface area (Å²) in [7, 11) is -3.89. The SMILES string of the molecule is O=C1C(NS(=O)(=O)/C=C/c2ccc(Cl)s2)CCCN1CC(=O)N1CCCC1C(=O)N1CCC(c2cccnc2)C1. The molecule has 0 bridgehead atoms. The van der Waals surface area contributed by atoms with Gasteiger partial charge in [0.2, 0.25) is 27.7 Å². The molecule has 0 saturated carbocycles. The molecule has 5 rings (SSSR count). The molecule has 40 heavy (non-hydrogen) atoms. The molecule has 3 saturated heterocycles. The minimum Gasteiger partial charge on any atom is -0.340 e. The normalized spacial score (nSPS) is 23.9. The van der Waals surface area contributed by atoms with E-state index in [-0.39, 0.29) is 24.3 Å². The monoisotopic (exact) mass is 605 g/mol. The lowest BCUT2D eigenvalue weighted by Crippen LogP contribution is -2.55. The average Bonchev–Trinajstić information content (AvgIpc) is 3.71. The van der Waals surface area contributed by atoms with E-state index < -0.39 is 28.0 Å². The van der Waals surface area contributed by atoms with Gasteiger partial charge in [-0.2, -0.15) is 4.72 Å². The zero-order valence-electron chi connectivity index (χ0n) is 21.9. The van der Waals surface area contributed by atoms with Crippen LogP contribution in [0.4, 0.5) is 0 Å². The number of sulfonamides is 1. The summed E-state index contributed by atoms with van der Waals surface area (Å²) in [5, 5.41) is 1.02. The van der Waals surface area contributed by atoms with Gasteiger partial charge in [-0.25, -0.2) is 8.42 Å². The molecule has 10 nitrogen and oxygen atoms in total. The first-order valence-corrected chi connectivity index (χ1v) is 16.2. The van der Waals surface area contributed by atoms with Crippen molar-refractivity contribution in [1.82, 2.24) is 24.4 Å². The van der Waals surface area contributed by atoms with Crippen LogP contribution in [0.3, 0.4) is 0 Å². The smallest absolute Gasteiger partial charge is 0.245 e. The quantitative estimate of drug-likeness (QED) is 0.494. The van der Waals surface area contributed by atoms with E-state index in [4.69, 9.17) is 11.6 Å². The molecule has 1 N–H and O–H groups in total. The van der Waals surface area contributed by atoms with Crippen LogP contribution in [-0.2, 0) is 24.4 Å². The second-order valence-corrected chi connectivity index (χ2v) is 13.7. The molecular weight excluding hydrogens is 574 g/mol. The van der Waals surface area contributed by atoms with Crippen molar-refractivity contribution in [2.45, 2.75) is 50.1 Å². The van der Waals surface area contributed by atoms with Gasteiger partial charge < -0.3 is 14.7 Å². The Morgan fingerprint density at radius 2 is 1.95 bits per heavy atom. The number of nitrogens with one attached hydrogen (secondary N) is 1. The second-order valence-electron chi connectivity index (χ2n) is 10.4. The Hall–Kier alpha value is -2.80. The maximum absolute atomic E-state index is 13.4. The summed E-state index contributed by atoms with van der Waals surface area (Å²) in [5.74, 6) is -0.540. The molecular formula is C27H32ClN5O5S2. The fraction of sp³-hybridized carbons (Fsp3) is 0.481. The molecule has 3 aliphatic rings. The number of nitrogens with zero attached hydrogens (tertiary/aromatic N) is 4. The number of carbonyl (C=O) groups is 3. The van der Waals surface area contributed by atoms with Crippen molar-refractivity contribution in [2.75, 3.05) is 32.7 Å². The molecule has 0 aromatic carbocycles. The van der Waals surface area contributed by atoms with E-state index >= 15 is 0 Å². The predicted octanol–water partition coefficient (Wildman–Crippen LogP) is 2.68. The second kappa shape index (κ2) is 12.4. The third-order valence-corrected chi connectivity index (χ3v) is 9.99. The molecule has 2 aromatic rings. The average molecular weight is 606 g/mol. The number of aromatic nitrogens is 1. The number of likely N-dealkylation sites (tertiary alicyclic amines) is 3. The summed E-state index contributed by atoms with van der Waals surface area (Å²) < 4.78 is 28.2. The highest BCUT2D eigenvalue weighted by molar-refractivity contribution is 7.92. The van der Waals surface area contributed by atoms with Crippen molar-refractivity contribution >= 4 is 56.8 Å². The maximum atomic E-state index is 13.4. The Morgan fingerprint density at radius 3 is 2.70 bits per heavy atom. The van der Waals surface area contributed by atoms with Gasteiger partial charge in [0.05, 0.1) is 10.9 Å². The number of amides is 3. The summed E-state index contributed by atoms with van der Waals surface area (Å²) in [6.07, 6.45) is 8.07. The fourth-order valence-electron chi connectivity index (χ4n) is 5.66. The van der Waals surface area contributed by atoms with Gasteiger partial charge >= 0.3 is 0 Å². The Morgan fingerprint density at radius 1 is 1.12 bits per heavy atom. The van der Waals surface area contributed by atoms with Crippen LogP contribution in [0.1, 0.15) is 48.5 Å². The summed E-state index contributed by atoms with van der Waals surface area (Å²) in [5.41, 5.74) is 1.11. The van der Waals surface area contributed by atoms with Crippen molar-refractivity contribution < 1.29 is 22.8 Å². The zero-order valence-corrected chi connectivity index (χ0v) is 24.3. The molecule has 0 spiro atoms. The fourth-order valence-corrected chi connectivity index (χ4v) is 7.72. The van der Waals surface area contributed by atoms with Gasteiger partial charge in [0.25, 0.3) is 0 Å². The highest BCUT2D eigenvalue weighted by Crippen LogP contribution is 2.29. The van der Waals surface area contributed by atoms with Crippen molar-refractivity contribution in [3.8, 4) is 0 Å². The predicted molar refractivity (Wildman–Crippen MR) is 153 cm³/mol. The molecule has 3 unspecified atom stereocenters. The van der Waals surface area contributed by atoms with Crippen LogP contribution in [-0.4, -0.2) is 90.6 Å². The lowest BCUT2D eigenvalue weighted by Gasteiger charge is -2.34. The van der Waals surface area contributed by atoms with E-state index in [0.29, 0.717) is 54.7 Å². The lowest BCUT2D eigenvalue weighted by molar-refractivity contribution is -0.147. The summed E-state index contributed by atoms with van der Waals surface area (Å²) in [6, 6.07) is 5.81. The van der Waals surface area contributed by atoms with Gasteiger partial charge in [-0.15, -0.1) is 11.3 Å². The number of carbonyl (C=O) groups excluding carboxylic acids is 3. The van der Waals surface area contributed by atoms with Gasteiger partial charge in [0.1, 0.15) is 12.1 Å². The van der Waals surface area contributed by atoms with E-state index in [1.165, 1.54) is 22.3 Å². The molecule has 214 valence electrons. The Balaban J connectivity index is 1.17. The van der Waals surface area contributed by atoms with Crippen molar-refractivity contribution in [3.63, 3.8) is 0 Å². The molecule has 0 aliphatic carbocycles. The minimum absolute atomic E-state index is 0.0494. The van der Waals surface area contributed by atoms with Gasteiger partial charge in [-0.3, -0.25) is 19.4 Å². The topological polar surface area (TPSA) is 120 Å². The van der Waals surface area contributed by atoms with Crippen molar-refractivity contribution in [1.29, 1.82) is 0 Å². The van der Waals surface area contributed by atoms with Crippen LogP contribution in [0.25, 0.3) is 6.08 Å². The first-order chi connectivity index (χ1) is 19.2. The highest BCUT2D eigenvalue weighted by Gasteiger charge is 2.40. The summed E-state index contributed by atoms with van der Waals surface area (Å²) in [4.78, 5) is 49.6. The van der Waals surface area contributed by atoms with Crippen LogP contribution >= 0.6 is 22.9 Å². The standard InChI is InChI=1S/C27H32ClN5O5S2/c28-24-8-7-21(39-24)10-15-40(37,38)30-22-5-2-12-31(26(22)35)18-25(34)33-13-3-6-23(33)27(36)32-14-9-20(17-32)19-4-1-11-29-16-19/h1,4,7-8,10-11,15-16,20,22-23,30H,2-3,5-6,9,12-14,17-18H2/b15-10+. The van der Waals surface area contributed by atoms with E-state index in [2.05, 4.69) is 9.71 Å². The molecule has 3 amide bonds. The van der Waals surface area contributed by atoms with Crippen molar-refractivity contribution in [3.05, 3.63) is 56.8 Å². The number of pyridine rings is 1. The number of hydrogen-bond acceptors (Lipinski definition) is 7. The van der Waals surface area contributed by atoms with Crippen LogP contribution in [0, 0.1) is 0 Å². The third-order valence-electron chi connectivity index (χ3n) is 7.68. The number of rotatable bonds is 8. The number of hydrogen-bond donors (Lipinski definition) is 1. The summed E-state index contributed by atoms with van der Waals surface area (Å²) in [6.45, 7) is 1.88. The van der Waals surface area contributed by atoms with Crippen molar-refractivity contribution in [2.24, 2.45) is 0 Å². The minimum atomic E-state index is -3.89. The van der Waals surface area contributed by atoms with Crippen LogP contribution in [0.15, 0.2) is 42.1 Å². The first-order valence-electron chi connectivity index (χ1n) is 13.4. The van der Waals surface area contributed by atoms with E-state index in [9.17, 15) is 22.8 Å². The molecule has 2 aromatic heterocycles. The maximum Gasteiger partial charge on any atom is 0.245 e. The van der Waals surface area contributed by atoms with Crippen LogP contribution < -0.4 is 4.72 Å². The zero-order chi connectivity index (χ0) is 28.3. The van der Waals surface area contributed by atoms with E-state index in [1.54, 1.807) is 23.2 Å². The number of halogens is 1. The van der Waals surface area contributed by atoms with Gasteiger partial charge in [-0.05, 0) is 61.9 Å². The number of thiophene rings is 1. The van der Waals surface area contributed by atoms with Gasteiger partial charge in [0, 0.05) is 54.8 Å². The third kappa shape index (κ3) is 6.73. The molecule has 13 heteroatoms. The Kier molecular flexibility index (Phi) is 8.89. The highest BCUT2D eigenvalue weighted by atomic mass is 35.5. The van der Waals surface area contributed by atoms with Gasteiger partial charge in [-0.1, -0.05) is 17.7 Å². The van der Waals surface area contributed by atoms with Crippen LogP contribution in [0.2, 0.25) is 4.34 Å². The molecule has 5 heterocycles. The van der Waals surface area contributed by atoms with Crippen LogP contribution in [0.5, 0.6) is 0 Å². The first kappa shape index (κ1) is 28.7. The molecule has 3 fully saturated rings. The molecule has 0 radical (unpaired) electrons. The number of piperidine rings is 1. The lowest BCUT2D eigenvalue weighted by atomic mass is 10.0. The molecule has 3 aliphatic heterocycles. The largest absolute Gasteiger partial charge is 0.340 e. The Bertz CT molecular complexity index is 1380. The van der Waals surface area contributed by atoms with Gasteiger partial charge in [0.15, 0.2) is 0 Å². The molecule has 3 atom stereocenters.